The summed E-state index contributed by atoms with van der Waals surface area (Å²) < 4.78 is 8.77. The zero-order valence-corrected chi connectivity index (χ0v) is 30.7. The molecule has 7 aromatic rings. The van der Waals surface area contributed by atoms with Crippen LogP contribution < -0.4 is 5.56 Å². The molecule has 270 valence electrons. The highest BCUT2D eigenvalue weighted by Crippen LogP contribution is 2.43. The number of aromatic nitrogens is 6. The molecule has 0 saturated carbocycles. The Hall–Kier alpha value is -6.48. The second-order valence-electron chi connectivity index (χ2n) is 13.1. The lowest BCUT2D eigenvalue weighted by atomic mass is 9.77. The fraction of sp³-hybridized carbons (Fsp3) is 0.200. The Morgan fingerprint density at radius 1 is 0.722 bits per heavy atom. The average molecular weight is 715 g/mol. The first-order valence-electron chi connectivity index (χ1n) is 18.3. The minimum atomic E-state index is -0.888. The molecule has 0 aliphatic heterocycles. The van der Waals surface area contributed by atoms with Gasteiger partial charge in [0, 0.05) is 29.7 Å². The number of hydrogen-bond acceptors (Lipinski definition) is 7. The number of esters is 1. The summed E-state index contributed by atoms with van der Waals surface area (Å²) in [4.78, 5) is 30.6. The van der Waals surface area contributed by atoms with E-state index in [-0.39, 0.29) is 24.4 Å². The third-order valence-corrected chi connectivity index (χ3v) is 9.88. The van der Waals surface area contributed by atoms with E-state index in [1.807, 2.05) is 97.4 Å². The van der Waals surface area contributed by atoms with Gasteiger partial charge in [0.2, 0.25) is 0 Å². The molecule has 2 heterocycles. The number of carbonyl (C=O) groups excluding carboxylic acids is 1. The first-order valence-corrected chi connectivity index (χ1v) is 18.3. The fourth-order valence-electron chi connectivity index (χ4n) is 7.33. The van der Waals surface area contributed by atoms with Crippen LogP contribution in [0.1, 0.15) is 59.6 Å². The maximum atomic E-state index is 13.8. The fourth-order valence-corrected chi connectivity index (χ4v) is 7.33. The van der Waals surface area contributed by atoms with Crippen molar-refractivity contribution >= 4 is 5.97 Å². The molecular formula is C45H42N6O3. The number of aryl methyl sites for hydroxylation is 2. The molecule has 9 nitrogen and oxygen atoms in total. The van der Waals surface area contributed by atoms with Crippen molar-refractivity contribution in [3.8, 4) is 22.5 Å². The first-order chi connectivity index (χ1) is 26.4. The zero-order chi connectivity index (χ0) is 37.5. The summed E-state index contributed by atoms with van der Waals surface area (Å²) >= 11 is 0. The van der Waals surface area contributed by atoms with Crippen molar-refractivity contribution in [1.82, 2.24) is 29.8 Å². The van der Waals surface area contributed by atoms with Crippen molar-refractivity contribution in [2.24, 2.45) is 0 Å². The van der Waals surface area contributed by atoms with Gasteiger partial charge in [-0.15, -0.1) is 5.10 Å². The normalized spacial score (nSPS) is 11.4. The van der Waals surface area contributed by atoms with Crippen molar-refractivity contribution in [2.75, 3.05) is 6.61 Å². The molecule has 7 rings (SSSR count). The van der Waals surface area contributed by atoms with E-state index in [0.717, 1.165) is 38.9 Å². The lowest BCUT2D eigenvalue weighted by molar-refractivity contribution is -0.143. The first kappa shape index (κ1) is 35.9. The van der Waals surface area contributed by atoms with Gasteiger partial charge in [-0.25, -0.2) is 9.67 Å². The number of rotatable bonds is 13. The van der Waals surface area contributed by atoms with Crippen LogP contribution in [0.3, 0.4) is 0 Å². The summed E-state index contributed by atoms with van der Waals surface area (Å²) in [7, 11) is 0. The molecule has 0 fully saturated rings. The number of hydrogen-bond donors (Lipinski definition) is 0. The second kappa shape index (κ2) is 16.0. The van der Waals surface area contributed by atoms with E-state index in [2.05, 4.69) is 65.9 Å². The predicted molar refractivity (Wildman–Crippen MR) is 210 cm³/mol. The van der Waals surface area contributed by atoms with Gasteiger partial charge in [-0.05, 0) is 64.1 Å². The van der Waals surface area contributed by atoms with Crippen molar-refractivity contribution in [3.05, 3.63) is 189 Å². The van der Waals surface area contributed by atoms with Crippen LogP contribution in [-0.2, 0) is 34.5 Å². The molecule has 0 saturated heterocycles. The molecule has 0 aliphatic carbocycles. The highest BCUT2D eigenvalue weighted by molar-refractivity contribution is 5.81. The highest BCUT2D eigenvalue weighted by Gasteiger charge is 2.42. The molecule has 0 aliphatic rings. The Bertz CT molecular complexity index is 2310. The number of tetrazole rings is 1. The Morgan fingerprint density at radius 3 is 1.83 bits per heavy atom. The van der Waals surface area contributed by atoms with E-state index in [1.165, 1.54) is 0 Å². The van der Waals surface area contributed by atoms with Gasteiger partial charge < -0.3 is 4.74 Å². The van der Waals surface area contributed by atoms with Gasteiger partial charge in [0.1, 0.15) is 11.4 Å². The third-order valence-electron chi connectivity index (χ3n) is 9.88. The van der Waals surface area contributed by atoms with Gasteiger partial charge >= 0.3 is 5.97 Å². The van der Waals surface area contributed by atoms with Crippen LogP contribution in [0.2, 0.25) is 0 Å². The lowest BCUT2D eigenvalue weighted by Gasteiger charge is -2.36. The molecule has 0 radical (unpaired) electrons. The Morgan fingerprint density at radius 2 is 1.28 bits per heavy atom. The molecule has 9 heteroatoms. The number of nitrogens with zero attached hydrogens (tertiary/aromatic N) is 6. The van der Waals surface area contributed by atoms with E-state index < -0.39 is 5.54 Å². The molecule has 5 aromatic carbocycles. The SMILES string of the molecule is CCOC(=O)CCc1c(C)nc(CC)n(Cc2ccc(-c3ccccc3-c3nnnn3C(c3ccccc3)(c3ccccc3)c3ccccc3)cc2)c1=O. The van der Waals surface area contributed by atoms with Crippen molar-refractivity contribution in [2.45, 2.75) is 52.1 Å². The molecule has 0 amide bonds. The summed E-state index contributed by atoms with van der Waals surface area (Å²) in [6, 6.07) is 47.5. The van der Waals surface area contributed by atoms with E-state index in [0.29, 0.717) is 42.5 Å². The molecule has 2 aromatic heterocycles. The Balaban J connectivity index is 1.29. The largest absolute Gasteiger partial charge is 0.466 e. The zero-order valence-electron chi connectivity index (χ0n) is 30.7. The lowest BCUT2D eigenvalue weighted by Crippen LogP contribution is -2.39. The molecule has 0 spiro atoms. The summed E-state index contributed by atoms with van der Waals surface area (Å²) in [6.45, 7) is 6.26. The highest BCUT2D eigenvalue weighted by atomic mass is 16.5. The topological polar surface area (TPSA) is 105 Å². The average Bonchev–Trinajstić information content (AvgIpc) is 3.71. The van der Waals surface area contributed by atoms with Crippen LogP contribution in [0, 0.1) is 6.92 Å². The molecule has 54 heavy (non-hydrogen) atoms. The van der Waals surface area contributed by atoms with Crippen LogP contribution in [-0.4, -0.2) is 42.3 Å². The van der Waals surface area contributed by atoms with Crippen LogP contribution in [0.25, 0.3) is 22.5 Å². The monoisotopic (exact) mass is 714 g/mol. The van der Waals surface area contributed by atoms with Crippen molar-refractivity contribution in [1.29, 1.82) is 0 Å². The second-order valence-corrected chi connectivity index (χ2v) is 13.1. The molecule has 0 N–H and O–H groups in total. The van der Waals surface area contributed by atoms with Gasteiger partial charge in [-0.1, -0.05) is 146 Å². The Labute approximate surface area is 314 Å². The molecule has 0 atom stereocenters. The summed E-state index contributed by atoms with van der Waals surface area (Å²) in [5.41, 5.74) is 7.03. The third kappa shape index (κ3) is 6.88. The Kier molecular flexibility index (Phi) is 10.7. The molecular weight excluding hydrogens is 673 g/mol. The minimum absolute atomic E-state index is 0.122. The van der Waals surface area contributed by atoms with Gasteiger partial charge in [0.05, 0.1) is 13.2 Å². The van der Waals surface area contributed by atoms with Crippen LogP contribution in [0.15, 0.2) is 144 Å². The van der Waals surface area contributed by atoms with Crippen molar-refractivity contribution in [3.63, 3.8) is 0 Å². The maximum absolute atomic E-state index is 13.8. The summed E-state index contributed by atoms with van der Waals surface area (Å²) in [5.74, 6) is 1.00. The van der Waals surface area contributed by atoms with Gasteiger partial charge in [0.25, 0.3) is 5.56 Å². The maximum Gasteiger partial charge on any atom is 0.306 e. The van der Waals surface area contributed by atoms with Crippen molar-refractivity contribution < 1.29 is 9.53 Å². The van der Waals surface area contributed by atoms with Gasteiger partial charge in [0.15, 0.2) is 5.82 Å². The van der Waals surface area contributed by atoms with E-state index in [9.17, 15) is 9.59 Å². The predicted octanol–water partition coefficient (Wildman–Crippen LogP) is 7.82. The van der Waals surface area contributed by atoms with E-state index >= 15 is 0 Å². The van der Waals surface area contributed by atoms with Gasteiger partial charge in [-0.3, -0.25) is 14.2 Å². The molecule has 0 unspecified atom stereocenters. The van der Waals surface area contributed by atoms with Crippen LogP contribution >= 0.6 is 0 Å². The number of ether oxygens (including phenoxy) is 1. The number of carbonyl (C=O) groups is 1. The summed E-state index contributed by atoms with van der Waals surface area (Å²) in [5, 5.41) is 13.8. The van der Waals surface area contributed by atoms with Gasteiger partial charge in [-0.2, -0.15) is 0 Å². The van der Waals surface area contributed by atoms with Crippen LogP contribution in [0.5, 0.6) is 0 Å². The number of benzene rings is 5. The van der Waals surface area contributed by atoms with E-state index in [4.69, 9.17) is 20.0 Å². The summed E-state index contributed by atoms with van der Waals surface area (Å²) in [6.07, 6.45) is 1.03. The minimum Gasteiger partial charge on any atom is -0.466 e. The standard InChI is InChI=1S/C45H42N6O3/c1-4-41-46-32(3)38(29-30-42(52)54-5-2)44(53)50(41)31-33-25-27-34(28-26-33)39-23-15-16-24-40(39)43-47-48-49-51(43)45(35-17-9-6-10-18-35,36-19-11-7-12-20-36)37-21-13-8-14-22-37/h6-28H,4-5,29-31H2,1-3H3. The van der Waals surface area contributed by atoms with Crippen LogP contribution in [0.4, 0.5) is 0 Å². The molecule has 0 bridgehead atoms. The van der Waals surface area contributed by atoms with E-state index in [1.54, 1.807) is 11.5 Å². The quantitative estimate of drug-likeness (QED) is 0.0886. The smallest absolute Gasteiger partial charge is 0.306 e.